The van der Waals surface area contributed by atoms with E-state index >= 15 is 0 Å². The first-order valence-corrected chi connectivity index (χ1v) is 13.7. The number of sulfonamides is 1. The first kappa shape index (κ1) is 26.5. The molecule has 1 aliphatic heterocycles. The maximum atomic E-state index is 12.8. The molecule has 1 heterocycles. The van der Waals surface area contributed by atoms with Crippen LogP contribution in [0.5, 0.6) is 0 Å². The van der Waals surface area contributed by atoms with Crippen LogP contribution in [0.3, 0.4) is 0 Å². The molecule has 2 unspecified atom stereocenters. The van der Waals surface area contributed by atoms with Crippen LogP contribution in [-0.4, -0.2) is 65.1 Å². The average molecular weight is 501 g/mol. The lowest BCUT2D eigenvalue weighted by atomic mass is 9.99. The van der Waals surface area contributed by atoms with Crippen molar-refractivity contribution in [2.75, 3.05) is 49.2 Å². The fraction of sp³-hybridized carbons (Fsp3) is 0.462. The molecule has 2 aromatic rings. The van der Waals surface area contributed by atoms with Crippen molar-refractivity contribution in [3.8, 4) is 0 Å². The zero-order valence-electron chi connectivity index (χ0n) is 21.2. The normalized spacial score (nSPS) is 16.9. The first-order valence-electron chi connectivity index (χ1n) is 11.9. The van der Waals surface area contributed by atoms with E-state index in [0.29, 0.717) is 17.2 Å². The summed E-state index contributed by atoms with van der Waals surface area (Å²) in [5.74, 6) is 0.0873. The van der Waals surface area contributed by atoms with Gasteiger partial charge >= 0.3 is 0 Å². The van der Waals surface area contributed by atoms with E-state index in [1.165, 1.54) is 35.6 Å². The Kier molecular flexibility index (Phi) is 8.43. The molecule has 2 aromatic carbocycles. The number of hydrogen-bond donors (Lipinski definition) is 1. The highest BCUT2D eigenvalue weighted by Crippen LogP contribution is 2.25. The van der Waals surface area contributed by atoms with Crippen LogP contribution in [0.25, 0.3) is 0 Å². The van der Waals surface area contributed by atoms with E-state index < -0.39 is 15.9 Å². The fourth-order valence-electron chi connectivity index (χ4n) is 4.33. The van der Waals surface area contributed by atoms with Gasteiger partial charge in [0, 0.05) is 38.4 Å². The standard InChI is InChI=1S/C26H36N4O4S/c1-19-7-6-16-29(17-19)23-12-8-21(9-13-23)20(2)27-25(31)18-30(35(5,33)34)24-14-10-22(11-15-24)26(32)28(3)4/h8-15,19-20H,6-7,16-18H2,1-5H3,(H,27,31). The van der Waals surface area contributed by atoms with E-state index in [1.807, 2.05) is 19.1 Å². The first-order chi connectivity index (χ1) is 16.5. The van der Waals surface area contributed by atoms with Crippen molar-refractivity contribution in [2.45, 2.75) is 32.7 Å². The highest BCUT2D eigenvalue weighted by Gasteiger charge is 2.23. The van der Waals surface area contributed by atoms with Crippen LogP contribution in [0.2, 0.25) is 0 Å². The summed E-state index contributed by atoms with van der Waals surface area (Å²) in [5.41, 5.74) is 2.89. The van der Waals surface area contributed by atoms with Crippen molar-refractivity contribution in [1.82, 2.24) is 10.2 Å². The third-order valence-electron chi connectivity index (χ3n) is 6.29. The molecular weight excluding hydrogens is 464 g/mol. The van der Waals surface area contributed by atoms with Gasteiger partial charge in [0.05, 0.1) is 18.0 Å². The van der Waals surface area contributed by atoms with E-state index in [0.717, 1.165) is 29.2 Å². The zero-order chi connectivity index (χ0) is 25.8. The molecule has 1 fully saturated rings. The maximum Gasteiger partial charge on any atom is 0.253 e. The van der Waals surface area contributed by atoms with Crippen molar-refractivity contribution in [3.63, 3.8) is 0 Å². The molecule has 1 saturated heterocycles. The smallest absolute Gasteiger partial charge is 0.253 e. The summed E-state index contributed by atoms with van der Waals surface area (Å²) >= 11 is 0. The van der Waals surface area contributed by atoms with Gasteiger partial charge in [0.1, 0.15) is 6.54 Å². The SMILES string of the molecule is CC1CCCN(c2ccc(C(C)NC(=O)CN(c3ccc(C(=O)N(C)C)cc3)S(C)(=O)=O)cc2)C1. The molecule has 0 bridgehead atoms. The minimum atomic E-state index is -3.71. The van der Waals surface area contributed by atoms with Crippen molar-refractivity contribution < 1.29 is 18.0 Å². The van der Waals surface area contributed by atoms with Crippen molar-refractivity contribution in [2.24, 2.45) is 5.92 Å². The number of rotatable bonds is 8. The summed E-state index contributed by atoms with van der Waals surface area (Å²) in [6, 6.07) is 14.1. The van der Waals surface area contributed by atoms with Gasteiger partial charge in [0.2, 0.25) is 15.9 Å². The number of benzene rings is 2. The van der Waals surface area contributed by atoms with Gasteiger partial charge in [-0.15, -0.1) is 0 Å². The van der Waals surface area contributed by atoms with E-state index in [4.69, 9.17) is 0 Å². The Balaban J connectivity index is 1.66. The van der Waals surface area contributed by atoms with Crippen LogP contribution in [-0.2, 0) is 14.8 Å². The summed E-state index contributed by atoms with van der Waals surface area (Å²) in [5, 5.41) is 2.90. The molecule has 0 spiro atoms. The van der Waals surface area contributed by atoms with Gasteiger partial charge < -0.3 is 15.1 Å². The third-order valence-corrected chi connectivity index (χ3v) is 7.43. The second kappa shape index (κ2) is 11.1. The predicted molar refractivity (Wildman–Crippen MR) is 140 cm³/mol. The topological polar surface area (TPSA) is 90.0 Å². The lowest BCUT2D eigenvalue weighted by molar-refractivity contribution is -0.120. The molecule has 0 aliphatic carbocycles. The van der Waals surface area contributed by atoms with E-state index in [2.05, 4.69) is 29.3 Å². The molecule has 0 aromatic heterocycles. The lowest BCUT2D eigenvalue weighted by Crippen LogP contribution is -2.41. The molecular formula is C26H36N4O4S. The summed E-state index contributed by atoms with van der Waals surface area (Å²) in [6.07, 6.45) is 3.52. The van der Waals surface area contributed by atoms with Crippen LogP contribution in [0.15, 0.2) is 48.5 Å². The summed E-state index contributed by atoms with van der Waals surface area (Å²) in [4.78, 5) is 28.7. The molecule has 1 aliphatic rings. The molecule has 3 rings (SSSR count). The van der Waals surface area contributed by atoms with Gasteiger partial charge in [-0.1, -0.05) is 19.1 Å². The molecule has 0 saturated carbocycles. The molecule has 190 valence electrons. The number of anilines is 2. The van der Waals surface area contributed by atoms with Gasteiger partial charge in [-0.3, -0.25) is 13.9 Å². The van der Waals surface area contributed by atoms with E-state index in [-0.39, 0.29) is 18.5 Å². The summed E-state index contributed by atoms with van der Waals surface area (Å²) in [7, 11) is -0.424. The van der Waals surface area contributed by atoms with Crippen LogP contribution < -0.4 is 14.5 Å². The fourth-order valence-corrected chi connectivity index (χ4v) is 5.18. The van der Waals surface area contributed by atoms with Gasteiger partial charge in [0.25, 0.3) is 5.91 Å². The Labute approximate surface area is 209 Å². The number of nitrogens with zero attached hydrogens (tertiary/aromatic N) is 3. The number of nitrogens with one attached hydrogen (secondary N) is 1. The van der Waals surface area contributed by atoms with Gasteiger partial charge in [-0.05, 0) is 67.6 Å². The van der Waals surface area contributed by atoms with Gasteiger partial charge in [-0.2, -0.15) is 0 Å². The zero-order valence-corrected chi connectivity index (χ0v) is 22.0. The minimum absolute atomic E-state index is 0.185. The lowest BCUT2D eigenvalue weighted by Gasteiger charge is -2.33. The molecule has 35 heavy (non-hydrogen) atoms. The minimum Gasteiger partial charge on any atom is -0.371 e. The molecule has 2 amide bonds. The van der Waals surface area contributed by atoms with E-state index in [9.17, 15) is 18.0 Å². The van der Waals surface area contributed by atoms with Crippen LogP contribution in [0, 0.1) is 5.92 Å². The van der Waals surface area contributed by atoms with Gasteiger partial charge in [0.15, 0.2) is 0 Å². The number of hydrogen-bond acceptors (Lipinski definition) is 5. The van der Waals surface area contributed by atoms with Crippen molar-refractivity contribution in [3.05, 3.63) is 59.7 Å². The van der Waals surface area contributed by atoms with Crippen molar-refractivity contribution >= 4 is 33.2 Å². The Morgan fingerprint density at radius 1 is 1.09 bits per heavy atom. The molecule has 8 nitrogen and oxygen atoms in total. The largest absolute Gasteiger partial charge is 0.371 e. The van der Waals surface area contributed by atoms with Crippen LogP contribution >= 0.6 is 0 Å². The van der Waals surface area contributed by atoms with Crippen LogP contribution in [0.1, 0.15) is 48.7 Å². The quantitative estimate of drug-likeness (QED) is 0.601. The summed E-state index contributed by atoms with van der Waals surface area (Å²) in [6.45, 7) is 5.91. The molecule has 1 N–H and O–H groups in total. The second-order valence-electron chi connectivity index (χ2n) is 9.59. The number of piperidine rings is 1. The number of carbonyl (C=O) groups is 2. The second-order valence-corrected chi connectivity index (χ2v) is 11.5. The number of carbonyl (C=O) groups excluding carboxylic acids is 2. The Morgan fingerprint density at radius 2 is 1.71 bits per heavy atom. The third kappa shape index (κ3) is 6.97. The molecule has 2 atom stereocenters. The van der Waals surface area contributed by atoms with Crippen LogP contribution in [0.4, 0.5) is 11.4 Å². The average Bonchev–Trinajstić information content (AvgIpc) is 2.81. The predicted octanol–water partition coefficient (Wildman–Crippen LogP) is 3.27. The molecule has 9 heteroatoms. The van der Waals surface area contributed by atoms with Gasteiger partial charge in [-0.25, -0.2) is 8.42 Å². The highest BCUT2D eigenvalue weighted by atomic mass is 32.2. The Morgan fingerprint density at radius 3 is 2.26 bits per heavy atom. The monoisotopic (exact) mass is 500 g/mol. The number of amides is 2. The Bertz CT molecular complexity index is 1130. The van der Waals surface area contributed by atoms with E-state index in [1.54, 1.807) is 26.2 Å². The van der Waals surface area contributed by atoms with Crippen molar-refractivity contribution in [1.29, 1.82) is 0 Å². The summed E-state index contributed by atoms with van der Waals surface area (Å²) < 4.78 is 25.9. The molecule has 0 radical (unpaired) electrons. The Hall–Kier alpha value is -3.07. The maximum absolute atomic E-state index is 12.8. The highest BCUT2D eigenvalue weighted by molar-refractivity contribution is 7.92.